The van der Waals surface area contributed by atoms with Crippen LogP contribution in [0, 0.1) is 0 Å². The average Bonchev–Trinajstić information content (AvgIpc) is 2.99. The van der Waals surface area contributed by atoms with Crippen LogP contribution in [-0.4, -0.2) is 56.2 Å². The van der Waals surface area contributed by atoms with Crippen molar-refractivity contribution in [2.75, 3.05) is 18.0 Å². The van der Waals surface area contributed by atoms with Crippen molar-refractivity contribution in [3.05, 3.63) is 18.3 Å². The molecule has 0 aliphatic carbocycles. The number of hydrogen-bond acceptors (Lipinski definition) is 7. The van der Waals surface area contributed by atoms with Crippen molar-refractivity contribution in [1.82, 2.24) is 20.2 Å². The van der Waals surface area contributed by atoms with Gasteiger partial charge in [0, 0.05) is 24.8 Å². The van der Waals surface area contributed by atoms with Crippen LogP contribution in [0.5, 0.6) is 0 Å². The van der Waals surface area contributed by atoms with Crippen LogP contribution >= 0.6 is 11.8 Å². The number of aliphatic imine (C=N–C) groups is 1. The van der Waals surface area contributed by atoms with E-state index in [0.717, 1.165) is 31.7 Å². The Kier molecular flexibility index (Phi) is 4.04. The van der Waals surface area contributed by atoms with E-state index in [1.54, 1.807) is 18.3 Å². The molecule has 4 heterocycles. The first-order valence-electron chi connectivity index (χ1n) is 8.18. The topological polar surface area (TPSA) is 113 Å². The number of rotatable bonds is 3. The van der Waals surface area contributed by atoms with Crippen molar-refractivity contribution in [1.29, 1.82) is 0 Å². The number of piperidine rings is 1. The van der Waals surface area contributed by atoms with Gasteiger partial charge in [0.05, 0.1) is 6.20 Å². The molecule has 1 saturated heterocycles. The average molecular weight is 357 g/mol. The fourth-order valence-corrected chi connectivity index (χ4v) is 3.82. The molecule has 8 nitrogen and oxygen atoms in total. The minimum atomic E-state index is -0.373. The Morgan fingerprint density at radius 1 is 1.40 bits per heavy atom. The second-order valence-electron chi connectivity index (χ2n) is 6.64. The first-order chi connectivity index (χ1) is 12.0. The maximum atomic E-state index is 11.8. The molecular formula is C16H19N7OS. The molecule has 1 unspecified atom stereocenters. The van der Waals surface area contributed by atoms with Crippen molar-refractivity contribution in [3.8, 4) is 0 Å². The number of carbonyl (C=O) groups excluding carboxylic acids is 1. The fourth-order valence-electron chi connectivity index (χ4n) is 2.88. The molecule has 0 saturated carbocycles. The van der Waals surface area contributed by atoms with E-state index in [2.05, 4.69) is 37.0 Å². The molecule has 0 spiro atoms. The lowest BCUT2D eigenvalue weighted by molar-refractivity contribution is -0.116. The largest absolute Gasteiger partial charge is 0.355 e. The number of H-pyrrole nitrogens is 1. The summed E-state index contributed by atoms with van der Waals surface area (Å²) in [6.45, 7) is 3.81. The van der Waals surface area contributed by atoms with E-state index in [-0.39, 0.29) is 16.7 Å². The SMILES string of the molecule is CC1(N)CCN(c2cnc3c(SC4C=CC=NC4=O)n[nH]c3n2)CC1. The van der Waals surface area contributed by atoms with Gasteiger partial charge in [-0.05, 0) is 25.8 Å². The predicted octanol–water partition coefficient (Wildman–Crippen LogP) is 1.30. The Bertz CT molecular complexity index is 862. The molecule has 2 aromatic rings. The Morgan fingerprint density at radius 3 is 2.96 bits per heavy atom. The van der Waals surface area contributed by atoms with Gasteiger partial charge in [-0.1, -0.05) is 17.8 Å². The van der Waals surface area contributed by atoms with Gasteiger partial charge in [0.1, 0.15) is 21.6 Å². The predicted molar refractivity (Wildman–Crippen MR) is 98.0 cm³/mol. The number of aromatic amines is 1. The number of nitrogens with one attached hydrogen (secondary N) is 1. The Morgan fingerprint density at radius 2 is 2.20 bits per heavy atom. The maximum absolute atomic E-state index is 11.8. The number of aromatic nitrogens is 4. The quantitative estimate of drug-likeness (QED) is 0.851. The highest BCUT2D eigenvalue weighted by Gasteiger charge is 2.27. The molecule has 2 aliphatic heterocycles. The smallest absolute Gasteiger partial charge is 0.263 e. The molecule has 130 valence electrons. The van der Waals surface area contributed by atoms with E-state index < -0.39 is 0 Å². The maximum Gasteiger partial charge on any atom is 0.263 e. The first-order valence-corrected chi connectivity index (χ1v) is 9.06. The minimum absolute atomic E-state index is 0.103. The molecule has 9 heteroatoms. The Balaban J connectivity index is 1.54. The zero-order valence-electron chi connectivity index (χ0n) is 13.8. The summed E-state index contributed by atoms with van der Waals surface area (Å²) in [7, 11) is 0. The van der Waals surface area contributed by atoms with E-state index in [0.29, 0.717) is 16.2 Å². The van der Waals surface area contributed by atoms with Crippen molar-refractivity contribution in [3.63, 3.8) is 0 Å². The van der Waals surface area contributed by atoms with Crippen LogP contribution in [0.4, 0.5) is 5.82 Å². The molecule has 0 radical (unpaired) electrons. The van der Waals surface area contributed by atoms with Gasteiger partial charge in [-0.25, -0.2) is 15.0 Å². The molecule has 2 aromatic heterocycles. The van der Waals surface area contributed by atoms with Gasteiger partial charge in [0.15, 0.2) is 5.65 Å². The third-order valence-corrected chi connectivity index (χ3v) is 5.63. The van der Waals surface area contributed by atoms with Crippen molar-refractivity contribution in [2.45, 2.75) is 35.6 Å². The molecule has 3 N–H and O–H groups in total. The van der Waals surface area contributed by atoms with Crippen LogP contribution in [0.2, 0.25) is 0 Å². The summed E-state index contributed by atoms with van der Waals surface area (Å²) in [4.78, 5) is 27.0. The van der Waals surface area contributed by atoms with Gasteiger partial charge in [0.2, 0.25) is 0 Å². The highest BCUT2D eigenvalue weighted by Crippen LogP contribution is 2.30. The summed E-state index contributed by atoms with van der Waals surface area (Å²) < 4.78 is 0. The number of carbonyl (C=O) groups is 1. The number of hydrogen-bond donors (Lipinski definition) is 2. The van der Waals surface area contributed by atoms with Crippen LogP contribution in [0.1, 0.15) is 19.8 Å². The number of anilines is 1. The van der Waals surface area contributed by atoms with Crippen LogP contribution in [0.25, 0.3) is 11.2 Å². The first kappa shape index (κ1) is 16.2. The normalized spacial score (nSPS) is 22.7. The second-order valence-corrected chi connectivity index (χ2v) is 7.77. The number of dihydropyridines is 1. The summed E-state index contributed by atoms with van der Waals surface area (Å²) in [5.74, 6) is 0.632. The van der Waals surface area contributed by atoms with Crippen LogP contribution in [-0.2, 0) is 4.79 Å². The number of allylic oxidation sites excluding steroid dienone is 1. The van der Waals surface area contributed by atoms with Gasteiger partial charge < -0.3 is 10.6 Å². The zero-order chi connectivity index (χ0) is 17.4. The summed E-state index contributed by atoms with van der Waals surface area (Å²) in [6, 6.07) is 0. The number of fused-ring (bicyclic) bond motifs is 1. The van der Waals surface area contributed by atoms with Crippen molar-refractivity contribution in [2.24, 2.45) is 10.7 Å². The summed E-state index contributed by atoms with van der Waals surface area (Å²) in [6.07, 6.45) is 8.68. The molecule has 2 aliphatic rings. The Hall–Kier alpha value is -2.26. The lowest BCUT2D eigenvalue weighted by atomic mass is 9.91. The summed E-state index contributed by atoms with van der Waals surface area (Å²) >= 11 is 1.32. The van der Waals surface area contributed by atoms with E-state index >= 15 is 0 Å². The standard InChI is InChI=1S/C16H19N7OS/c1-16(17)4-7-23(8-5-16)11-9-19-12-13(20-11)21-22-15(12)25-10-3-2-6-18-14(10)24/h2-3,6,9-10H,4-5,7-8,17H2,1H3,(H,20,21,22). The number of nitrogens with two attached hydrogens (primary N) is 1. The lowest BCUT2D eigenvalue weighted by Gasteiger charge is -2.37. The van der Waals surface area contributed by atoms with Crippen LogP contribution in [0.3, 0.4) is 0 Å². The van der Waals surface area contributed by atoms with E-state index in [1.165, 1.54) is 18.0 Å². The highest BCUT2D eigenvalue weighted by molar-refractivity contribution is 8.00. The number of thioether (sulfide) groups is 1. The van der Waals surface area contributed by atoms with Gasteiger partial charge in [-0.3, -0.25) is 9.89 Å². The molecule has 1 amide bonds. The van der Waals surface area contributed by atoms with Crippen LogP contribution < -0.4 is 10.6 Å². The van der Waals surface area contributed by atoms with Gasteiger partial charge in [-0.15, -0.1) is 0 Å². The van der Waals surface area contributed by atoms with E-state index in [9.17, 15) is 4.79 Å². The summed E-state index contributed by atoms with van der Waals surface area (Å²) in [5.41, 5.74) is 7.38. The third-order valence-electron chi connectivity index (χ3n) is 4.51. The number of amides is 1. The van der Waals surface area contributed by atoms with E-state index in [1.807, 2.05) is 0 Å². The molecule has 1 atom stereocenters. The summed E-state index contributed by atoms with van der Waals surface area (Å²) in [5, 5.41) is 7.47. The van der Waals surface area contributed by atoms with Crippen LogP contribution in [0.15, 0.2) is 28.4 Å². The number of nitrogens with zero attached hydrogens (tertiary/aromatic N) is 5. The molecule has 0 bridgehead atoms. The monoisotopic (exact) mass is 357 g/mol. The second kappa shape index (κ2) is 6.23. The molecule has 1 fully saturated rings. The molecule has 25 heavy (non-hydrogen) atoms. The van der Waals surface area contributed by atoms with Gasteiger partial charge in [-0.2, -0.15) is 5.10 Å². The van der Waals surface area contributed by atoms with E-state index in [4.69, 9.17) is 5.73 Å². The molecule has 0 aromatic carbocycles. The van der Waals surface area contributed by atoms with Crippen molar-refractivity contribution < 1.29 is 4.79 Å². The van der Waals surface area contributed by atoms with Gasteiger partial charge in [0.25, 0.3) is 5.91 Å². The Labute approximate surface area is 149 Å². The zero-order valence-corrected chi connectivity index (χ0v) is 14.7. The minimum Gasteiger partial charge on any atom is -0.355 e. The lowest BCUT2D eigenvalue weighted by Crippen LogP contribution is -2.48. The molecule has 4 rings (SSSR count). The third kappa shape index (κ3) is 3.29. The van der Waals surface area contributed by atoms with Crippen molar-refractivity contribution >= 4 is 40.9 Å². The molecular weight excluding hydrogens is 338 g/mol. The van der Waals surface area contributed by atoms with Gasteiger partial charge >= 0.3 is 0 Å². The fraction of sp³-hybridized carbons (Fsp3) is 0.438. The highest BCUT2D eigenvalue weighted by atomic mass is 32.2.